The number of oxazole rings is 1. The summed E-state index contributed by atoms with van der Waals surface area (Å²) in [6.45, 7) is 12.9. The van der Waals surface area contributed by atoms with Crippen molar-refractivity contribution in [3.63, 3.8) is 0 Å². The average molecular weight is 579 g/mol. The topological polar surface area (TPSA) is 58.6 Å². The van der Waals surface area contributed by atoms with Gasteiger partial charge in [0.15, 0.2) is 5.58 Å². The zero-order valence-corrected chi connectivity index (χ0v) is 26.2. The SMILES string of the molecule is CC(C)(C)c1cc(C=Nc2ccccc2-c2nc3c(-c4ccc(-c5ccccc5)cc4)cccc3o2)c(O)c(C(C)(C)C)c1. The Balaban J connectivity index is 1.38. The zero-order valence-electron chi connectivity index (χ0n) is 26.2. The maximum atomic E-state index is 11.3. The fraction of sp³-hybridized carbons (Fsp3) is 0.200. The molecule has 6 rings (SSSR count). The summed E-state index contributed by atoms with van der Waals surface area (Å²) in [5, 5.41) is 11.3. The Labute approximate surface area is 259 Å². The van der Waals surface area contributed by atoms with Crippen LogP contribution in [-0.2, 0) is 10.8 Å². The van der Waals surface area contributed by atoms with Crippen LogP contribution in [0.2, 0.25) is 0 Å². The lowest BCUT2D eigenvalue weighted by Gasteiger charge is -2.27. The van der Waals surface area contributed by atoms with Crippen LogP contribution < -0.4 is 0 Å². The van der Waals surface area contributed by atoms with Gasteiger partial charge in [-0.1, -0.05) is 126 Å². The van der Waals surface area contributed by atoms with Gasteiger partial charge in [0, 0.05) is 22.9 Å². The number of aromatic nitrogens is 1. The van der Waals surface area contributed by atoms with Crippen LogP contribution in [0.4, 0.5) is 5.69 Å². The summed E-state index contributed by atoms with van der Waals surface area (Å²) in [6.07, 6.45) is 1.75. The molecule has 44 heavy (non-hydrogen) atoms. The maximum Gasteiger partial charge on any atom is 0.229 e. The lowest BCUT2D eigenvalue weighted by atomic mass is 9.79. The molecule has 1 N–H and O–H groups in total. The van der Waals surface area contributed by atoms with Gasteiger partial charge in [-0.25, -0.2) is 4.98 Å². The van der Waals surface area contributed by atoms with Gasteiger partial charge in [-0.3, -0.25) is 4.99 Å². The van der Waals surface area contributed by atoms with Gasteiger partial charge in [-0.05, 0) is 57.3 Å². The number of aromatic hydroxyl groups is 1. The molecule has 0 unspecified atom stereocenters. The van der Waals surface area contributed by atoms with Crippen molar-refractivity contribution < 1.29 is 9.52 Å². The minimum atomic E-state index is -0.219. The summed E-state index contributed by atoms with van der Waals surface area (Å²) in [5.41, 5.74) is 9.91. The van der Waals surface area contributed by atoms with Crippen LogP contribution in [0, 0.1) is 0 Å². The fourth-order valence-electron chi connectivity index (χ4n) is 5.44. The first-order chi connectivity index (χ1) is 21.0. The first kappa shape index (κ1) is 29.1. The van der Waals surface area contributed by atoms with Crippen LogP contribution in [0.1, 0.15) is 58.2 Å². The van der Waals surface area contributed by atoms with E-state index in [0.29, 0.717) is 22.7 Å². The Morgan fingerprint density at radius 2 is 1.30 bits per heavy atom. The van der Waals surface area contributed by atoms with Crippen LogP contribution in [0.3, 0.4) is 0 Å². The third kappa shape index (κ3) is 5.80. The molecule has 4 nitrogen and oxygen atoms in total. The highest BCUT2D eigenvalue weighted by atomic mass is 16.3. The Kier molecular flexibility index (Phi) is 7.46. The number of nitrogens with zero attached hydrogens (tertiary/aromatic N) is 2. The molecule has 6 aromatic rings. The molecular weight excluding hydrogens is 540 g/mol. The Bertz CT molecular complexity index is 1970. The van der Waals surface area contributed by atoms with Gasteiger partial charge < -0.3 is 9.52 Å². The lowest BCUT2D eigenvalue weighted by Crippen LogP contribution is -2.17. The van der Waals surface area contributed by atoms with E-state index < -0.39 is 0 Å². The van der Waals surface area contributed by atoms with Gasteiger partial charge in [-0.15, -0.1) is 0 Å². The van der Waals surface area contributed by atoms with E-state index in [1.165, 1.54) is 11.1 Å². The third-order valence-corrected chi connectivity index (χ3v) is 8.01. The van der Waals surface area contributed by atoms with Crippen LogP contribution in [0.25, 0.3) is 44.8 Å². The summed E-state index contributed by atoms with van der Waals surface area (Å²) in [4.78, 5) is 9.84. The Morgan fingerprint density at radius 3 is 2.00 bits per heavy atom. The minimum absolute atomic E-state index is 0.0774. The molecule has 0 aliphatic heterocycles. The molecule has 5 aromatic carbocycles. The van der Waals surface area contributed by atoms with Crippen molar-refractivity contribution in [2.75, 3.05) is 0 Å². The van der Waals surface area contributed by atoms with Gasteiger partial charge in [0.1, 0.15) is 11.3 Å². The van der Waals surface area contributed by atoms with Crippen LogP contribution >= 0.6 is 0 Å². The molecule has 0 amide bonds. The van der Waals surface area contributed by atoms with Gasteiger partial charge >= 0.3 is 0 Å². The first-order valence-corrected chi connectivity index (χ1v) is 15.1. The van der Waals surface area contributed by atoms with Crippen molar-refractivity contribution in [2.24, 2.45) is 4.99 Å². The highest BCUT2D eigenvalue weighted by Gasteiger charge is 2.24. The second kappa shape index (κ2) is 11.3. The minimum Gasteiger partial charge on any atom is -0.507 e. The molecule has 0 saturated heterocycles. The number of hydrogen-bond donors (Lipinski definition) is 1. The summed E-state index contributed by atoms with van der Waals surface area (Å²) in [7, 11) is 0. The molecule has 4 heteroatoms. The van der Waals surface area contributed by atoms with Crippen LogP contribution in [-0.4, -0.2) is 16.3 Å². The predicted octanol–water partition coefficient (Wildman–Crippen LogP) is 10.9. The van der Waals surface area contributed by atoms with Crippen molar-refractivity contribution >= 4 is 23.0 Å². The monoisotopic (exact) mass is 578 g/mol. The lowest BCUT2D eigenvalue weighted by molar-refractivity contribution is 0.444. The van der Waals surface area contributed by atoms with Gasteiger partial charge in [0.2, 0.25) is 5.89 Å². The van der Waals surface area contributed by atoms with E-state index in [2.05, 4.69) is 102 Å². The number of rotatable bonds is 5. The fourth-order valence-corrected chi connectivity index (χ4v) is 5.44. The van der Waals surface area contributed by atoms with Crippen LogP contribution in [0.15, 0.2) is 119 Å². The van der Waals surface area contributed by atoms with E-state index in [1.54, 1.807) is 6.21 Å². The number of fused-ring (bicyclic) bond motifs is 1. The van der Waals surface area contributed by atoms with E-state index in [4.69, 9.17) is 14.4 Å². The summed E-state index contributed by atoms with van der Waals surface area (Å²) < 4.78 is 6.32. The highest BCUT2D eigenvalue weighted by Crippen LogP contribution is 2.39. The smallest absolute Gasteiger partial charge is 0.229 e. The standard InChI is InChI=1S/C40H38N2O2/c1-39(2,3)30-23-29(37(43)33(24-30)40(4,5)6)25-41-34-17-11-10-15-32(34)38-42-36-31(16-12-18-35(36)44-38)28-21-19-27(20-22-28)26-13-8-7-9-14-26/h7-25,43H,1-6H3. The van der Waals surface area contributed by atoms with E-state index in [0.717, 1.165) is 33.3 Å². The molecule has 0 spiro atoms. The first-order valence-electron chi connectivity index (χ1n) is 15.1. The van der Waals surface area contributed by atoms with Crippen LogP contribution in [0.5, 0.6) is 5.75 Å². The molecule has 0 aliphatic rings. The Hall–Kier alpha value is -4.96. The average Bonchev–Trinajstić information content (AvgIpc) is 3.45. The van der Waals surface area contributed by atoms with Gasteiger partial charge in [0.05, 0.1) is 11.3 Å². The van der Waals surface area contributed by atoms with Crippen molar-refractivity contribution in [1.82, 2.24) is 4.98 Å². The van der Waals surface area contributed by atoms with E-state index >= 15 is 0 Å². The highest BCUT2D eigenvalue weighted by molar-refractivity contribution is 5.94. The summed E-state index contributed by atoms with van der Waals surface area (Å²) in [6, 6.07) is 36.9. The molecule has 0 fully saturated rings. The van der Waals surface area contributed by atoms with E-state index in [9.17, 15) is 5.11 Å². The second-order valence-corrected chi connectivity index (χ2v) is 13.4. The molecule has 0 bridgehead atoms. The van der Waals surface area contributed by atoms with E-state index in [1.807, 2.05) is 48.5 Å². The second-order valence-electron chi connectivity index (χ2n) is 13.4. The molecule has 0 radical (unpaired) electrons. The molecule has 0 atom stereocenters. The molecule has 220 valence electrons. The number of phenols is 1. The van der Waals surface area contributed by atoms with E-state index in [-0.39, 0.29) is 16.6 Å². The van der Waals surface area contributed by atoms with Crippen molar-refractivity contribution in [3.8, 4) is 39.5 Å². The number of hydrogen-bond acceptors (Lipinski definition) is 4. The number of benzene rings is 5. The van der Waals surface area contributed by atoms with Gasteiger partial charge in [-0.2, -0.15) is 0 Å². The molecule has 0 aliphatic carbocycles. The molecule has 0 saturated carbocycles. The van der Waals surface area contributed by atoms with Crippen molar-refractivity contribution in [1.29, 1.82) is 0 Å². The largest absolute Gasteiger partial charge is 0.507 e. The van der Waals surface area contributed by atoms with Crippen molar-refractivity contribution in [2.45, 2.75) is 52.4 Å². The third-order valence-electron chi connectivity index (χ3n) is 8.01. The number of para-hydroxylation sites is 2. The normalized spacial score (nSPS) is 12.3. The number of aliphatic imine (C=N–C) groups is 1. The summed E-state index contributed by atoms with van der Waals surface area (Å²) in [5.74, 6) is 0.765. The van der Waals surface area contributed by atoms with Crippen molar-refractivity contribution in [3.05, 3.63) is 126 Å². The quantitative estimate of drug-likeness (QED) is 0.207. The number of phenolic OH excluding ortho intramolecular Hbond substituents is 1. The summed E-state index contributed by atoms with van der Waals surface area (Å²) >= 11 is 0. The van der Waals surface area contributed by atoms with Gasteiger partial charge in [0.25, 0.3) is 0 Å². The maximum absolute atomic E-state index is 11.3. The molecule has 1 heterocycles. The Morgan fingerprint density at radius 1 is 0.659 bits per heavy atom. The predicted molar refractivity (Wildman–Crippen MR) is 183 cm³/mol. The molecular formula is C40H38N2O2. The molecule has 1 aromatic heterocycles. The zero-order chi connectivity index (χ0) is 31.1.